The van der Waals surface area contributed by atoms with E-state index in [0.717, 1.165) is 17.8 Å². The highest BCUT2D eigenvalue weighted by molar-refractivity contribution is 5.94. The molecule has 1 aliphatic carbocycles. The minimum absolute atomic E-state index is 0.0855. The maximum absolute atomic E-state index is 16.1. The molecule has 10 heteroatoms. The quantitative estimate of drug-likeness (QED) is 0.494. The molecule has 2 aliphatic rings. The third-order valence-electron chi connectivity index (χ3n) is 6.69. The Bertz CT molecular complexity index is 1520. The zero-order valence-electron chi connectivity index (χ0n) is 20.7. The monoisotopic (exact) mass is 511 g/mol. The molecule has 1 aliphatic heterocycles. The van der Waals surface area contributed by atoms with E-state index >= 15 is 8.78 Å². The van der Waals surface area contributed by atoms with Gasteiger partial charge in [0.05, 0.1) is 10.9 Å². The smallest absolute Gasteiger partial charge is 0.341 e. The molecule has 1 fully saturated rings. The van der Waals surface area contributed by atoms with Crippen LogP contribution >= 0.6 is 0 Å². The number of fused-ring (bicyclic) bond motifs is 2. The van der Waals surface area contributed by atoms with Gasteiger partial charge in [-0.3, -0.25) is 4.79 Å². The number of carboxylic acids is 1. The van der Waals surface area contributed by atoms with Crippen LogP contribution in [0.3, 0.4) is 0 Å². The van der Waals surface area contributed by atoms with Gasteiger partial charge in [0.2, 0.25) is 5.43 Å². The Morgan fingerprint density at radius 2 is 1.89 bits per heavy atom. The van der Waals surface area contributed by atoms with Crippen LogP contribution in [0, 0.1) is 11.6 Å². The number of aromatic carboxylic acids is 1. The summed E-state index contributed by atoms with van der Waals surface area (Å²) in [5.41, 5.74) is 5.55. The predicted octanol–water partition coefficient (Wildman–Crippen LogP) is 4.17. The van der Waals surface area contributed by atoms with Gasteiger partial charge in [0.15, 0.2) is 5.82 Å². The van der Waals surface area contributed by atoms with Crippen LogP contribution < -0.4 is 16.1 Å². The number of esters is 1. The van der Waals surface area contributed by atoms with Gasteiger partial charge in [-0.1, -0.05) is 18.2 Å². The standard InChI is InChI=1S/C27H27F2N3O5/c1-27(2,3)37-26(36)21(30)15-6-4-5-13-10-31(11-17(13)15)23-19(28)9-16-22(20(23)29)32(14-7-8-14)12-18(24(16)33)25(34)35/h4-6,9,12,14,21H,7-8,10-11,30H2,1-3H3,(H,34,35). The minimum Gasteiger partial charge on any atom is -0.477 e. The number of halogens is 2. The number of aromatic nitrogens is 1. The number of hydrogen-bond donors (Lipinski definition) is 2. The normalized spacial score (nSPS) is 16.1. The molecule has 0 radical (unpaired) electrons. The maximum atomic E-state index is 16.1. The van der Waals surface area contributed by atoms with Gasteiger partial charge in [0, 0.05) is 25.3 Å². The third kappa shape index (κ3) is 4.35. The highest BCUT2D eigenvalue weighted by Crippen LogP contribution is 2.41. The van der Waals surface area contributed by atoms with Crippen molar-refractivity contribution in [3.63, 3.8) is 0 Å². The molecule has 0 spiro atoms. The van der Waals surface area contributed by atoms with Gasteiger partial charge in [-0.2, -0.15) is 0 Å². The largest absolute Gasteiger partial charge is 0.477 e. The number of pyridine rings is 1. The lowest BCUT2D eigenvalue weighted by Crippen LogP contribution is -2.32. The first-order chi connectivity index (χ1) is 17.4. The second-order valence-corrected chi connectivity index (χ2v) is 10.6. The summed E-state index contributed by atoms with van der Waals surface area (Å²) in [6, 6.07) is 4.90. The van der Waals surface area contributed by atoms with Gasteiger partial charge in [0.25, 0.3) is 0 Å². The Balaban J connectivity index is 1.58. The summed E-state index contributed by atoms with van der Waals surface area (Å²) < 4.78 is 38.3. The molecular weight excluding hydrogens is 484 g/mol. The molecule has 1 saturated carbocycles. The molecule has 194 valence electrons. The van der Waals surface area contributed by atoms with Crippen molar-refractivity contribution in [3.05, 3.63) is 74.6 Å². The molecule has 1 atom stereocenters. The number of carbonyl (C=O) groups excluding carboxylic acids is 1. The summed E-state index contributed by atoms with van der Waals surface area (Å²) >= 11 is 0. The predicted molar refractivity (Wildman–Crippen MR) is 132 cm³/mol. The summed E-state index contributed by atoms with van der Waals surface area (Å²) in [6.45, 7) is 5.45. The molecule has 2 heterocycles. The van der Waals surface area contributed by atoms with Crippen LogP contribution in [0.25, 0.3) is 10.9 Å². The van der Waals surface area contributed by atoms with E-state index < -0.39 is 46.2 Å². The maximum Gasteiger partial charge on any atom is 0.341 e. The van der Waals surface area contributed by atoms with Crippen molar-refractivity contribution in [2.24, 2.45) is 5.73 Å². The fourth-order valence-electron chi connectivity index (χ4n) is 4.90. The summed E-state index contributed by atoms with van der Waals surface area (Å²) in [4.78, 5) is 38.5. The number of benzene rings is 2. The molecule has 1 aromatic heterocycles. The van der Waals surface area contributed by atoms with E-state index in [4.69, 9.17) is 10.5 Å². The molecular formula is C27H27F2N3O5. The zero-order valence-corrected chi connectivity index (χ0v) is 20.7. The molecule has 1 unspecified atom stereocenters. The van der Waals surface area contributed by atoms with Crippen LogP contribution in [0.2, 0.25) is 0 Å². The first-order valence-electron chi connectivity index (χ1n) is 12.0. The Morgan fingerprint density at radius 3 is 2.51 bits per heavy atom. The summed E-state index contributed by atoms with van der Waals surface area (Å²) in [7, 11) is 0. The van der Waals surface area contributed by atoms with Crippen molar-refractivity contribution < 1.29 is 28.2 Å². The fraction of sp³-hybridized carbons (Fsp3) is 0.370. The molecule has 5 rings (SSSR count). The van der Waals surface area contributed by atoms with Crippen molar-refractivity contribution in [2.45, 2.75) is 64.4 Å². The highest BCUT2D eigenvalue weighted by atomic mass is 19.1. The van der Waals surface area contributed by atoms with E-state index in [-0.39, 0.29) is 35.7 Å². The number of rotatable bonds is 5. The summed E-state index contributed by atoms with van der Waals surface area (Å²) in [5, 5.41) is 9.13. The number of anilines is 1. The second kappa shape index (κ2) is 8.65. The first-order valence-corrected chi connectivity index (χ1v) is 12.0. The van der Waals surface area contributed by atoms with E-state index in [1.807, 2.05) is 0 Å². The zero-order chi connectivity index (χ0) is 26.8. The first kappa shape index (κ1) is 24.9. The van der Waals surface area contributed by atoms with Crippen molar-refractivity contribution >= 4 is 28.5 Å². The summed E-state index contributed by atoms with van der Waals surface area (Å²) in [6.07, 6.45) is 2.54. The van der Waals surface area contributed by atoms with Crippen LogP contribution in [-0.4, -0.2) is 27.2 Å². The van der Waals surface area contributed by atoms with Crippen molar-refractivity contribution in [2.75, 3.05) is 4.90 Å². The van der Waals surface area contributed by atoms with E-state index in [0.29, 0.717) is 24.0 Å². The molecule has 2 aromatic carbocycles. The Morgan fingerprint density at radius 1 is 1.19 bits per heavy atom. The fourth-order valence-corrected chi connectivity index (χ4v) is 4.90. The van der Waals surface area contributed by atoms with Gasteiger partial charge in [-0.15, -0.1) is 0 Å². The van der Waals surface area contributed by atoms with Crippen LogP contribution in [0.1, 0.15) is 72.7 Å². The molecule has 0 bridgehead atoms. The van der Waals surface area contributed by atoms with Crippen LogP contribution in [0.4, 0.5) is 14.5 Å². The van der Waals surface area contributed by atoms with E-state index in [1.165, 1.54) is 9.47 Å². The lowest BCUT2D eigenvalue weighted by Gasteiger charge is -2.24. The Labute approximate surface area is 211 Å². The van der Waals surface area contributed by atoms with Crippen LogP contribution in [-0.2, 0) is 22.6 Å². The Hall–Kier alpha value is -3.79. The third-order valence-corrected chi connectivity index (χ3v) is 6.69. The molecule has 8 nitrogen and oxygen atoms in total. The number of carbonyl (C=O) groups is 2. The number of hydrogen-bond acceptors (Lipinski definition) is 6. The van der Waals surface area contributed by atoms with Gasteiger partial charge >= 0.3 is 11.9 Å². The van der Waals surface area contributed by atoms with Crippen LogP contribution in [0.15, 0.2) is 35.3 Å². The van der Waals surface area contributed by atoms with Gasteiger partial charge in [-0.05, 0) is 56.4 Å². The molecule has 0 amide bonds. The number of nitrogens with two attached hydrogens (primary N) is 1. The van der Waals surface area contributed by atoms with Crippen molar-refractivity contribution in [1.29, 1.82) is 0 Å². The number of nitrogens with zero attached hydrogens (tertiary/aromatic N) is 2. The molecule has 3 aromatic rings. The molecule has 0 saturated heterocycles. The van der Waals surface area contributed by atoms with Crippen LogP contribution in [0.5, 0.6) is 0 Å². The second-order valence-electron chi connectivity index (χ2n) is 10.6. The Kier molecular flexibility index (Phi) is 5.82. The SMILES string of the molecule is CC(C)(C)OC(=O)C(N)c1cccc2c1CN(c1c(F)cc3c(=O)c(C(=O)O)cn(C4CC4)c3c1F)C2. The minimum atomic E-state index is -1.45. The lowest BCUT2D eigenvalue weighted by atomic mass is 9.98. The topological polar surface area (TPSA) is 115 Å². The molecule has 37 heavy (non-hydrogen) atoms. The highest BCUT2D eigenvalue weighted by Gasteiger charge is 2.34. The van der Waals surface area contributed by atoms with Crippen molar-refractivity contribution in [3.8, 4) is 0 Å². The number of ether oxygens (including phenoxy) is 1. The van der Waals surface area contributed by atoms with E-state index in [9.17, 15) is 19.5 Å². The van der Waals surface area contributed by atoms with Gasteiger partial charge in [-0.25, -0.2) is 18.4 Å². The molecule has 3 N–H and O–H groups in total. The average molecular weight is 512 g/mol. The van der Waals surface area contributed by atoms with Gasteiger partial charge in [0.1, 0.15) is 28.7 Å². The van der Waals surface area contributed by atoms with E-state index in [1.54, 1.807) is 39.0 Å². The van der Waals surface area contributed by atoms with Gasteiger partial charge < -0.3 is 25.0 Å². The lowest BCUT2D eigenvalue weighted by molar-refractivity contribution is -0.156. The number of carboxylic acid groups (broad SMARTS) is 1. The summed E-state index contributed by atoms with van der Waals surface area (Å²) in [5.74, 6) is -3.96. The van der Waals surface area contributed by atoms with E-state index in [2.05, 4.69) is 0 Å². The average Bonchev–Trinajstić information content (AvgIpc) is 3.56. The van der Waals surface area contributed by atoms with Crippen molar-refractivity contribution in [1.82, 2.24) is 4.57 Å².